The van der Waals surface area contributed by atoms with Gasteiger partial charge in [-0.05, 0) is 38.8 Å². The zero-order valence-electron chi connectivity index (χ0n) is 18.6. The van der Waals surface area contributed by atoms with Gasteiger partial charge in [-0.2, -0.15) is 0 Å². The highest BCUT2D eigenvalue weighted by Gasteiger charge is 2.24. The summed E-state index contributed by atoms with van der Waals surface area (Å²) in [6, 6.07) is 7.30. The maximum absolute atomic E-state index is 4.41. The Morgan fingerprint density at radius 1 is 1.04 bits per heavy atom. The zero-order chi connectivity index (χ0) is 19.8. The molecule has 1 saturated heterocycles. The summed E-state index contributed by atoms with van der Waals surface area (Å²) in [4.78, 5) is 9.45. The molecule has 1 aromatic carbocycles. The van der Waals surface area contributed by atoms with Crippen LogP contribution in [0.25, 0.3) is 0 Å². The average Bonchev–Trinajstić information content (AvgIpc) is 2.60. The standard InChI is InChI=1S/C22H39N5.HI/c1-17(2)21(27-11-9-26(6)10-12-27)16-25-22(23-5)24-8-7-20-14-18(3)13-19(4)15-20;/h13-15,17,21H,7-12,16H2,1-6H3,(H2,23,24,25);1H. The van der Waals surface area contributed by atoms with Gasteiger partial charge in [0.25, 0.3) is 0 Å². The van der Waals surface area contributed by atoms with Crippen molar-refractivity contribution in [3.63, 3.8) is 0 Å². The Labute approximate surface area is 189 Å². The maximum atomic E-state index is 4.41. The molecule has 28 heavy (non-hydrogen) atoms. The van der Waals surface area contributed by atoms with Crippen LogP contribution in [0.2, 0.25) is 0 Å². The van der Waals surface area contributed by atoms with Crippen molar-refractivity contribution >= 4 is 29.9 Å². The lowest BCUT2D eigenvalue weighted by Gasteiger charge is -2.40. The molecule has 1 fully saturated rings. The van der Waals surface area contributed by atoms with Crippen LogP contribution in [0.1, 0.15) is 30.5 Å². The van der Waals surface area contributed by atoms with Crippen LogP contribution in [0.3, 0.4) is 0 Å². The van der Waals surface area contributed by atoms with Gasteiger partial charge in [-0.1, -0.05) is 43.2 Å². The van der Waals surface area contributed by atoms with Gasteiger partial charge in [-0.25, -0.2) is 0 Å². The van der Waals surface area contributed by atoms with E-state index in [2.05, 4.69) is 78.4 Å². The first kappa shape index (κ1) is 25.2. The smallest absolute Gasteiger partial charge is 0.191 e. The molecule has 0 aliphatic carbocycles. The van der Waals surface area contributed by atoms with Crippen molar-refractivity contribution in [2.75, 3.05) is 53.4 Å². The van der Waals surface area contributed by atoms with Gasteiger partial charge in [0.2, 0.25) is 0 Å². The summed E-state index contributed by atoms with van der Waals surface area (Å²) in [6.07, 6.45) is 1.01. The second-order valence-corrected chi connectivity index (χ2v) is 8.28. The number of likely N-dealkylation sites (N-methyl/N-ethyl adjacent to an activating group) is 1. The van der Waals surface area contributed by atoms with Crippen LogP contribution in [0.5, 0.6) is 0 Å². The fraction of sp³-hybridized carbons (Fsp3) is 0.682. The third-order valence-electron chi connectivity index (χ3n) is 5.47. The predicted octanol–water partition coefficient (Wildman–Crippen LogP) is 2.90. The number of benzene rings is 1. The highest BCUT2D eigenvalue weighted by Crippen LogP contribution is 2.13. The fourth-order valence-electron chi connectivity index (χ4n) is 3.90. The van der Waals surface area contributed by atoms with Crippen LogP contribution in [-0.4, -0.2) is 75.2 Å². The zero-order valence-corrected chi connectivity index (χ0v) is 20.9. The molecule has 2 rings (SSSR count). The van der Waals surface area contributed by atoms with Crippen molar-refractivity contribution in [3.05, 3.63) is 34.9 Å². The number of halogens is 1. The molecule has 160 valence electrons. The summed E-state index contributed by atoms with van der Waals surface area (Å²) in [7, 11) is 4.06. The molecule has 0 saturated carbocycles. The first-order valence-corrected chi connectivity index (χ1v) is 10.3. The van der Waals surface area contributed by atoms with Gasteiger partial charge in [0.1, 0.15) is 0 Å². The van der Waals surface area contributed by atoms with E-state index >= 15 is 0 Å². The molecule has 1 aliphatic heterocycles. The van der Waals surface area contributed by atoms with Crippen molar-refractivity contribution in [3.8, 4) is 0 Å². The molecule has 1 aromatic rings. The Bertz CT molecular complexity index is 589. The van der Waals surface area contributed by atoms with Crippen LogP contribution >= 0.6 is 24.0 Å². The number of aryl methyl sites for hydroxylation is 2. The Kier molecular flexibility index (Phi) is 11.4. The van der Waals surface area contributed by atoms with Crippen LogP contribution in [0.4, 0.5) is 0 Å². The molecule has 1 unspecified atom stereocenters. The highest BCUT2D eigenvalue weighted by atomic mass is 127. The quantitative estimate of drug-likeness (QED) is 0.343. The van der Waals surface area contributed by atoms with E-state index in [1.54, 1.807) is 0 Å². The van der Waals surface area contributed by atoms with E-state index in [-0.39, 0.29) is 24.0 Å². The second-order valence-electron chi connectivity index (χ2n) is 8.28. The van der Waals surface area contributed by atoms with Crippen molar-refractivity contribution in [1.82, 2.24) is 20.4 Å². The maximum Gasteiger partial charge on any atom is 0.191 e. The molecular formula is C22H40IN5. The van der Waals surface area contributed by atoms with Crippen molar-refractivity contribution < 1.29 is 0 Å². The minimum atomic E-state index is 0. The predicted molar refractivity (Wildman–Crippen MR) is 132 cm³/mol. The Balaban J connectivity index is 0.00000392. The number of hydrogen-bond donors (Lipinski definition) is 2. The lowest BCUT2D eigenvalue weighted by Crippen LogP contribution is -2.55. The highest BCUT2D eigenvalue weighted by molar-refractivity contribution is 14.0. The van der Waals surface area contributed by atoms with Crippen molar-refractivity contribution in [1.29, 1.82) is 0 Å². The summed E-state index contributed by atoms with van der Waals surface area (Å²) in [5, 5.41) is 7.03. The molecular weight excluding hydrogens is 461 g/mol. The summed E-state index contributed by atoms with van der Waals surface area (Å²) >= 11 is 0. The lowest BCUT2D eigenvalue weighted by molar-refractivity contribution is 0.0900. The molecule has 0 amide bonds. The molecule has 6 heteroatoms. The van der Waals surface area contributed by atoms with Crippen LogP contribution in [-0.2, 0) is 6.42 Å². The minimum Gasteiger partial charge on any atom is -0.356 e. The van der Waals surface area contributed by atoms with Gasteiger partial charge in [-0.3, -0.25) is 9.89 Å². The van der Waals surface area contributed by atoms with E-state index in [4.69, 9.17) is 0 Å². The SMILES string of the molecule is CN=C(NCCc1cc(C)cc(C)c1)NCC(C(C)C)N1CCN(C)CC1.I. The summed E-state index contributed by atoms with van der Waals surface area (Å²) in [6.45, 7) is 15.4. The third kappa shape index (κ3) is 8.25. The molecule has 1 atom stereocenters. The van der Waals surface area contributed by atoms with E-state index in [0.29, 0.717) is 12.0 Å². The molecule has 0 radical (unpaired) electrons. The summed E-state index contributed by atoms with van der Waals surface area (Å²) < 4.78 is 0. The van der Waals surface area contributed by atoms with Gasteiger partial charge in [0.15, 0.2) is 5.96 Å². The summed E-state index contributed by atoms with van der Waals surface area (Å²) in [5.74, 6) is 1.52. The van der Waals surface area contributed by atoms with Gasteiger partial charge in [-0.15, -0.1) is 24.0 Å². The molecule has 0 bridgehead atoms. The number of guanidine groups is 1. The Morgan fingerprint density at radius 3 is 2.18 bits per heavy atom. The molecule has 0 aromatic heterocycles. The van der Waals surface area contributed by atoms with Gasteiger partial charge < -0.3 is 15.5 Å². The first-order chi connectivity index (χ1) is 12.9. The lowest BCUT2D eigenvalue weighted by atomic mass is 10.0. The second kappa shape index (κ2) is 12.6. The Morgan fingerprint density at radius 2 is 1.64 bits per heavy atom. The van der Waals surface area contributed by atoms with Crippen LogP contribution < -0.4 is 10.6 Å². The molecule has 1 heterocycles. The molecule has 5 nitrogen and oxygen atoms in total. The normalized spacial score (nSPS) is 17.3. The van der Waals surface area contributed by atoms with Crippen LogP contribution in [0, 0.1) is 19.8 Å². The number of nitrogens with zero attached hydrogens (tertiary/aromatic N) is 3. The van der Waals surface area contributed by atoms with E-state index in [1.807, 2.05) is 7.05 Å². The number of hydrogen-bond acceptors (Lipinski definition) is 3. The third-order valence-corrected chi connectivity index (χ3v) is 5.47. The molecule has 0 spiro atoms. The van der Waals surface area contributed by atoms with Crippen LogP contribution in [0.15, 0.2) is 23.2 Å². The summed E-state index contributed by atoms with van der Waals surface area (Å²) in [5.41, 5.74) is 4.05. The number of nitrogens with one attached hydrogen (secondary N) is 2. The Hall–Kier alpha value is -0.860. The number of aliphatic imine (C=N–C) groups is 1. The molecule has 1 aliphatic rings. The fourth-order valence-corrected chi connectivity index (χ4v) is 3.90. The van der Waals surface area contributed by atoms with Gasteiger partial charge in [0.05, 0.1) is 0 Å². The largest absolute Gasteiger partial charge is 0.356 e. The topological polar surface area (TPSA) is 42.9 Å². The van der Waals surface area contributed by atoms with Crippen molar-refractivity contribution in [2.45, 2.75) is 40.2 Å². The minimum absolute atomic E-state index is 0. The van der Waals surface area contributed by atoms with E-state index < -0.39 is 0 Å². The first-order valence-electron chi connectivity index (χ1n) is 10.3. The monoisotopic (exact) mass is 501 g/mol. The number of rotatable bonds is 7. The van der Waals surface area contributed by atoms with E-state index in [9.17, 15) is 0 Å². The number of piperazine rings is 1. The van der Waals surface area contributed by atoms with Crippen molar-refractivity contribution in [2.24, 2.45) is 10.9 Å². The van der Waals surface area contributed by atoms with E-state index in [0.717, 1.165) is 51.6 Å². The van der Waals surface area contributed by atoms with Gasteiger partial charge in [0, 0.05) is 52.4 Å². The molecule has 2 N–H and O–H groups in total. The van der Waals surface area contributed by atoms with Gasteiger partial charge >= 0.3 is 0 Å². The average molecular weight is 502 g/mol. The van der Waals surface area contributed by atoms with E-state index in [1.165, 1.54) is 16.7 Å².